The zero-order valence-electron chi connectivity index (χ0n) is 11.8. The number of carbonyl (C=O) groups excluding carboxylic acids is 1. The monoisotopic (exact) mass is 278 g/mol. The van der Waals surface area contributed by atoms with E-state index >= 15 is 0 Å². The third-order valence-electron chi connectivity index (χ3n) is 4.00. The van der Waals surface area contributed by atoms with E-state index in [4.69, 9.17) is 5.73 Å². The van der Waals surface area contributed by atoms with E-state index in [1.165, 1.54) is 25.0 Å². The van der Waals surface area contributed by atoms with E-state index in [0.29, 0.717) is 25.3 Å². The van der Waals surface area contributed by atoms with E-state index in [9.17, 15) is 9.18 Å². The maximum Gasteiger partial charge on any atom is 0.220 e. The first kappa shape index (κ1) is 15.0. The van der Waals surface area contributed by atoms with Gasteiger partial charge in [0.15, 0.2) is 0 Å². The summed E-state index contributed by atoms with van der Waals surface area (Å²) < 4.78 is 13.4. The van der Waals surface area contributed by atoms with E-state index in [1.54, 1.807) is 6.07 Å². The number of benzene rings is 1. The van der Waals surface area contributed by atoms with Crippen molar-refractivity contribution in [2.75, 3.05) is 6.54 Å². The quantitative estimate of drug-likeness (QED) is 0.840. The van der Waals surface area contributed by atoms with E-state index in [0.717, 1.165) is 18.4 Å². The lowest BCUT2D eigenvalue weighted by Gasteiger charge is -2.25. The Morgan fingerprint density at radius 3 is 2.80 bits per heavy atom. The van der Waals surface area contributed by atoms with Crippen LogP contribution in [0, 0.1) is 11.7 Å². The molecule has 0 heterocycles. The highest BCUT2D eigenvalue weighted by atomic mass is 19.1. The smallest absolute Gasteiger partial charge is 0.220 e. The summed E-state index contributed by atoms with van der Waals surface area (Å²) in [5.74, 6) is 0.178. The van der Waals surface area contributed by atoms with Crippen molar-refractivity contribution in [3.05, 3.63) is 35.6 Å². The second kappa shape index (κ2) is 7.39. The van der Waals surface area contributed by atoms with Gasteiger partial charge in [0.05, 0.1) is 6.04 Å². The molecule has 0 aromatic heterocycles. The number of amides is 1. The van der Waals surface area contributed by atoms with Crippen LogP contribution in [-0.4, -0.2) is 12.5 Å². The van der Waals surface area contributed by atoms with Gasteiger partial charge < -0.3 is 11.1 Å². The Labute approximate surface area is 119 Å². The molecule has 1 atom stereocenters. The number of hydrogen-bond acceptors (Lipinski definition) is 2. The highest BCUT2D eigenvalue weighted by Crippen LogP contribution is 2.35. The summed E-state index contributed by atoms with van der Waals surface area (Å²) in [5.41, 5.74) is 6.30. The summed E-state index contributed by atoms with van der Waals surface area (Å²) in [6.45, 7) is 0.515. The van der Waals surface area contributed by atoms with Crippen LogP contribution in [0.5, 0.6) is 0 Å². The molecule has 1 aliphatic carbocycles. The summed E-state index contributed by atoms with van der Waals surface area (Å²) in [6.07, 6.45) is 5.70. The Morgan fingerprint density at radius 2 is 2.15 bits per heavy atom. The van der Waals surface area contributed by atoms with Gasteiger partial charge in [0.2, 0.25) is 5.91 Å². The fraction of sp³-hybridized carbons (Fsp3) is 0.562. The van der Waals surface area contributed by atoms with Gasteiger partial charge >= 0.3 is 0 Å². The summed E-state index contributed by atoms with van der Waals surface area (Å²) in [6, 6.07) is 6.50. The van der Waals surface area contributed by atoms with Crippen LogP contribution in [0.15, 0.2) is 24.3 Å². The number of nitrogens with two attached hydrogens (primary N) is 1. The van der Waals surface area contributed by atoms with E-state index in [-0.39, 0.29) is 17.8 Å². The standard InChI is InChI=1S/C16H23FN2O/c17-14-8-3-7-13(11-14)16(12-5-1-2-6-12)19-15(20)9-4-10-18/h3,7-8,11-12,16H,1-2,4-6,9-10,18H2,(H,19,20). The molecule has 0 aliphatic heterocycles. The van der Waals surface area contributed by atoms with Crippen molar-refractivity contribution in [3.63, 3.8) is 0 Å². The van der Waals surface area contributed by atoms with Crippen LogP contribution in [-0.2, 0) is 4.79 Å². The predicted octanol–water partition coefficient (Wildman–Crippen LogP) is 2.91. The molecule has 20 heavy (non-hydrogen) atoms. The summed E-state index contributed by atoms with van der Waals surface area (Å²) >= 11 is 0. The van der Waals surface area contributed by atoms with Gasteiger partial charge in [-0.05, 0) is 49.4 Å². The fourth-order valence-corrected chi connectivity index (χ4v) is 2.97. The molecule has 0 radical (unpaired) electrons. The highest BCUT2D eigenvalue weighted by Gasteiger charge is 2.27. The number of carbonyl (C=O) groups is 1. The lowest BCUT2D eigenvalue weighted by Crippen LogP contribution is -2.33. The predicted molar refractivity (Wildman–Crippen MR) is 77.5 cm³/mol. The van der Waals surface area contributed by atoms with Gasteiger partial charge in [0.1, 0.15) is 5.82 Å². The Morgan fingerprint density at radius 1 is 1.40 bits per heavy atom. The molecule has 0 saturated heterocycles. The average molecular weight is 278 g/mol. The average Bonchev–Trinajstić information content (AvgIpc) is 2.96. The molecular weight excluding hydrogens is 255 g/mol. The van der Waals surface area contributed by atoms with Gasteiger partial charge in [-0.3, -0.25) is 4.79 Å². The molecule has 1 saturated carbocycles. The van der Waals surface area contributed by atoms with Gasteiger partial charge in [-0.1, -0.05) is 25.0 Å². The van der Waals surface area contributed by atoms with Crippen LogP contribution >= 0.6 is 0 Å². The number of halogens is 1. The van der Waals surface area contributed by atoms with Crippen LogP contribution in [0.3, 0.4) is 0 Å². The topological polar surface area (TPSA) is 55.1 Å². The van der Waals surface area contributed by atoms with Crippen molar-refractivity contribution in [2.45, 2.75) is 44.6 Å². The summed E-state index contributed by atoms with van der Waals surface area (Å²) in [7, 11) is 0. The largest absolute Gasteiger partial charge is 0.349 e. The minimum Gasteiger partial charge on any atom is -0.349 e. The normalized spacial score (nSPS) is 17.1. The minimum atomic E-state index is -0.248. The van der Waals surface area contributed by atoms with Gasteiger partial charge in [0, 0.05) is 6.42 Å². The second-order valence-electron chi connectivity index (χ2n) is 5.54. The molecule has 1 aromatic rings. The minimum absolute atomic E-state index is 0.0108. The van der Waals surface area contributed by atoms with Crippen LogP contribution in [0.2, 0.25) is 0 Å². The third-order valence-corrected chi connectivity index (χ3v) is 4.00. The molecule has 2 rings (SSSR count). The molecular formula is C16H23FN2O. The number of rotatable bonds is 6. The molecule has 110 valence electrons. The fourth-order valence-electron chi connectivity index (χ4n) is 2.97. The van der Waals surface area contributed by atoms with Gasteiger partial charge in [-0.25, -0.2) is 4.39 Å². The zero-order valence-corrected chi connectivity index (χ0v) is 11.8. The van der Waals surface area contributed by atoms with Crippen molar-refractivity contribution in [1.29, 1.82) is 0 Å². The molecule has 0 spiro atoms. The highest BCUT2D eigenvalue weighted by molar-refractivity contribution is 5.76. The lowest BCUT2D eigenvalue weighted by molar-refractivity contribution is -0.122. The summed E-state index contributed by atoms with van der Waals surface area (Å²) in [4.78, 5) is 12.0. The molecule has 1 unspecified atom stereocenters. The lowest BCUT2D eigenvalue weighted by atomic mass is 9.91. The van der Waals surface area contributed by atoms with Crippen LogP contribution in [0.4, 0.5) is 4.39 Å². The van der Waals surface area contributed by atoms with Crippen molar-refractivity contribution in [1.82, 2.24) is 5.32 Å². The van der Waals surface area contributed by atoms with Crippen molar-refractivity contribution in [2.24, 2.45) is 11.7 Å². The van der Waals surface area contributed by atoms with Crippen LogP contribution in [0.1, 0.15) is 50.1 Å². The molecule has 3 nitrogen and oxygen atoms in total. The SMILES string of the molecule is NCCCC(=O)NC(c1cccc(F)c1)C1CCCC1. The Bertz CT molecular complexity index is 444. The molecule has 0 bridgehead atoms. The molecule has 1 aromatic carbocycles. The summed E-state index contributed by atoms with van der Waals surface area (Å²) in [5, 5.41) is 3.08. The zero-order chi connectivity index (χ0) is 14.4. The van der Waals surface area contributed by atoms with Crippen molar-refractivity contribution >= 4 is 5.91 Å². The first-order valence-electron chi connectivity index (χ1n) is 7.45. The van der Waals surface area contributed by atoms with E-state index in [2.05, 4.69) is 5.32 Å². The van der Waals surface area contributed by atoms with Gasteiger partial charge in [-0.2, -0.15) is 0 Å². The third kappa shape index (κ3) is 4.04. The molecule has 1 aliphatic rings. The molecule has 1 amide bonds. The molecule has 1 fully saturated rings. The van der Waals surface area contributed by atoms with Gasteiger partial charge in [0.25, 0.3) is 0 Å². The van der Waals surface area contributed by atoms with Crippen molar-refractivity contribution in [3.8, 4) is 0 Å². The van der Waals surface area contributed by atoms with Gasteiger partial charge in [-0.15, -0.1) is 0 Å². The Balaban J connectivity index is 2.10. The maximum absolute atomic E-state index is 13.4. The number of nitrogens with one attached hydrogen (secondary N) is 1. The molecule has 3 N–H and O–H groups in total. The maximum atomic E-state index is 13.4. The number of hydrogen-bond donors (Lipinski definition) is 2. The molecule has 4 heteroatoms. The van der Waals surface area contributed by atoms with Crippen molar-refractivity contribution < 1.29 is 9.18 Å². The van der Waals surface area contributed by atoms with Crippen LogP contribution < -0.4 is 11.1 Å². The first-order chi connectivity index (χ1) is 9.70. The first-order valence-corrected chi connectivity index (χ1v) is 7.45. The van der Waals surface area contributed by atoms with E-state index < -0.39 is 0 Å². The second-order valence-corrected chi connectivity index (χ2v) is 5.54. The van der Waals surface area contributed by atoms with Crippen LogP contribution in [0.25, 0.3) is 0 Å². The Kier molecular flexibility index (Phi) is 5.53. The van der Waals surface area contributed by atoms with E-state index in [1.807, 2.05) is 6.07 Å². The Hall–Kier alpha value is -1.42.